The van der Waals surface area contributed by atoms with Gasteiger partial charge < -0.3 is 14.5 Å². The molecule has 0 atom stereocenters. The van der Waals surface area contributed by atoms with Crippen LogP contribution in [-0.4, -0.2) is 23.0 Å². The van der Waals surface area contributed by atoms with Crippen LogP contribution >= 0.6 is 0 Å². The fraction of sp³-hybridized carbons (Fsp3) is 0.278. The lowest BCUT2D eigenvalue weighted by Gasteiger charge is -2.05. The van der Waals surface area contributed by atoms with Crippen molar-refractivity contribution in [1.82, 2.24) is 14.7 Å². The number of ether oxygens (including phenoxy) is 1. The third-order valence-electron chi connectivity index (χ3n) is 3.79. The van der Waals surface area contributed by atoms with Gasteiger partial charge in [0.2, 0.25) is 0 Å². The topological polar surface area (TPSA) is 38.6 Å². The molecule has 2 heterocycles. The Morgan fingerprint density at radius 2 is 2.09 bits per heavy atom. The first-order valence-corrected chi connectivity index (χ1v) is 7.54. The summed E-state index contributed by atoms with van der Waals surface area (Å²) in [4.78, 5) is 4.74. The van der Waals surface area contributed by atoms with E-state index in [2.05, 4.69) is 47.2 Å². The van der Waals surface area contributed by atoms with E-state index in [9.17, 15) is 0 Å². The summed E-state index contributed by atoms with van der Waals surface area (Å²) in [6.45, 7) is 6.00. The molecule has 114 valence electrons. The molecule has 0 bridgehead atoms. The highest BCUT2D eigenvalue weighted by atomic mass is 16.5. The molecule has 22 heavy (non-hydrogen) atoms. The van der Waals surface area contributed by atoms with E-state index in [1.165, 1.54) is 5.56 Å². The Kier molecular flexibility index (Phi) is 4.11. The van der Waals surface area contributed by atoms with Gasteiger partial charge in [0, 0.05) is 24.5 Å². The summed E-state index contributed by atoms with van der Waals surface area (Å²) in [5, 5.41) is 3.34. The first-order chi connectivity index (χ1) is 10.7. The zero-order valence-electron chi connectivity index (χ0n) is 13.3. The second-order valence-corrected chi connectivity index (χ2v) is 5.39. The molecule has 2 aromatic heterocycles. The number of aromatic nitrogens is 2. The van der Waals surface area contributed by atoms with E-state index in [0.717, 1.165) is 41.3 Å². The lowest BCUT2D eigenvalue weighted by molar-refractivity contribution is 0.412. The van der Waals surface area contributed by atoms with Gasteiger partial charge in [-0.05, 0) is 54.9 Å². The van der Waals surface area contributed by atoms with Gasteiger partial charge in [-0.1, -0.05) is 6.92 Å². The summed E-state index contributed by atoms with van der Waals surface area (Å²) in [6.07, 6.45) is 4.13. The highest BCUT2D eigenvalue weighted by Crippen LogP contribution is 2.25. The smallest absolute Gasteiger partial charge is 0.137 e. The predicted molar refractivity (Wildman–Crippen MR) is 89.3 cm³/mol. The minimum absolute atomic E-state index is 0.872. The van der Waals surface area contributed by atoms with E-state index in [-0.39, 0.29) is 0 Å². The standard InChI is InChI=1S/C18H21N3O/c1-4-19-11-14-7-8-21-12-16(20-18(21)10-14)15-5-6-17(22-3)13(2)9-15/h5-10,12,19H,4,11H2,1-3H3. The molecule has 3 rings (SSSR count). The number of hydrogen-bond acceptors (Lipinski definition) is 3. The van der Waals surface area contributed by atoms with Crippen LogP contribution in [0.4, 0.5) is 0 Å². The third-order valence-corrected chi connectivity index (χ3v) is 3.79. The molecule has 4 heteroatoms. The van der Waals surface area contributed by atoms with Crippen LogP contribution in [0.5, 0.6) is 5.75 Å². The Balaban J connectivity index is 1.96. The molecule has 0 fully saturated rings. The van der Waals surface area contributed by atoms with Crippen molar-refractivity contribution in [2.45, 2.75) is 20.4 Å². The van der Waals surface area contributed by atoms with Crippen molar-refractivity contribution in [3.05, 3.63) is 53.9 Å². The van der Waals surface area contributed by atoms with Crippen LogP contribution in [0.15, 0.2) is 42.7 Å². The van der Waals surface area contributed by atoms with Crippen molar-refractivity contribution in [2.75, 3.05) is 13.7 Å². The molecule has 0 saturated carbocycles. The zero-order valence-corrected chi connectivity index (χ0v) is 13.3. The third kappa shape index (κ3) is 2.83. The van der Waals surface area contributed by atoms with Gasteiger partial charge in [-0.15, -0.1) is 0 Å². The van der Waals surface area contributed by atoms with Crippen LogP contribution < -0.4 is 10.1 Å². The molecule has 1 N–H and O–H groups in total. The van der Waals surface area contributed by atoms with E-state index >= 15 is 0 Å². The fourth-order valence-electron chi connectivity index (χ4n) is 2.58. The van der Waals surface area contributed by atoms with Crippen molar-refractivity contribution in [3.8, 4) is 17.0 Å². The van der Waals surface area contributed by atoms with Crippen molar-refractivity contribution >= 4 is 5.65 Å². The monoisotopic (exact) mass is 295 g/mol. The molecule has 0 spiro atoms. The van der Waals surface area contributed by atoms with Gasteiger partial charge >= 0.3 is 0 Å². The van der Waals surface area contributed by atoms with Gasteiger partial charge in [0.25, 0.3) is 0 Å². The van der Waals surface area contributed by atoms with Crippen LogP contribution in [0.3, 0.4) is 0 Å². The van der Waals surface area contributed by atoms with Gasteiger partial charge in [-0.25, -0.2) is 4.98 Å². The normalized spacial score (nSPS) is 11.0. The molecule has 0 aliphatic rings. The number of hydrogen-bond donors (Lipinski definition) is 1. The molecule has 0 saturated heterocycles. The number of rotatable bonds is 5. The first-order valence-electron chi connectivity index (χ1n) is 7.54. The van der Waals surface area contributed by atoms with Crippen molar-refractivity contribution in [1.29, 1.82) is 0 Å². The molecule has 0 amide bonds. The molecule has 0 aliphatic heterocycles. The van der Waals surface area contributed by atoms with Crippen molar-refractivity contribution in [3.63, 3.8) is 0 Å². The van der Waals surface area contributed by atoms with Gasteiger partial charge in [0.15, 0.2) is 0 Å². The number of aryl methyl sites for hydroxylation is 1. The number of benzene rings is 1. The fourth-order valence-corrected chi connectivity index (χ4v) is 2.58. The maximum Gasteiger partial charge on any atom is 0.137 e. The predicted octanol–water partition coefficient (Wildman–Crippen LogP) is 3.43. The van der Waals surface area contributed by atoms with Gasteiger partial charge in [-0.3, -0.25) is 0 Å². The largest absolute Gasteiger partial charge is 0.496 e. The van der Waals surface area contributed by atoms with Gasteiger partial charge in [0.1, 0.15) is 11.4 Å². The average Bonchev–Trinajstić information content (AvgIpc) is 2.96. The van der Waals surface area contributed by atoms with E-state index < -0.39 is 0 Å². The average molecular weight is 295 g/mol. The number of fused-ring (bicyclic) bond motifs is 1. The molecule has 3 aromatic rings. The van der Waals surface area contributed by atoms with Crippen LogP contribution in [0.2, 0.25) is 0 Å². The van der Waals surface area contributed by atoms with Gasteiger partial charge in [-0.2, -0.15) is 0 Å². The molecule has 0 aliphatic carbocycles. The highest BCUT2D eigenvalue weighted by molar-refractivity contribution is 5.65. The number of methoxy groups -OCH3 is 1. The Morgan fingerprint density at radius 1 is 1.23 bits per heavy atom. The minimum atomic E-state index is 0.872. The summed E-state index contributed by atoms with van der Waals surface area (Å²) < 4.78 is 7.38. The van der Waals surface area contributed by atoms with Crippen LogP contribution in [0.1, 0.15) is 18.1 Å². The Morgan fingerprint density at radius 3 is 2.82 bits per heavy atom. The van der Waals surface area contributed by atoms with E-state index in [0.29, 0.717) is 0 Å². The second-order valence-electron chi connectivity index (χ2n) is 5.39. The number of nitrogens with zero attached hydrogens (tertiary/aromatic N) is 2. The van der Waals surface area contributed by atoms with Crippen LogP contribution in [-0.2, 0) is 6.54 Å². The number of imidazole rings is 1. The minimum Gasteiger partial charge on any atom is -0.496 e. The SMILES string of the molecule is CCNCc1ccn2cc(-c3ccc(OC)c(C)c3)nc2c1. The maximum absolute atomic E-state index is 5.32. The summed E-state index contributed by atoms with van der Waals surface area (Å²) in [7, 11) is 1.69. The van der Waals surface area contributed by atoms with Crippen LogP contribution in [0.25, 0.3) is 16.9 Å². The quantitative estimate of drug-likeness (QED) is 0.784. The van der Waals surface area contributed by atoms with E-state index in [4.69, 9.17) is 9.72 Å². The van der Waals surface area contributed by atoms with Gasteiger partial charge in [0.05, 0.1) is 12.8 Å². The number of pyridine rings is 1. The van der Waals surface area contributed by atoms with Crippen molar-refractivity contribution < 1.29 is 4.74 Å². The zero-order chi connectivity index (χ0) is 15.5. The Labute approximate surface area is 130 Å². The summed E-state index contributed by atoms with van der Waals surface area (Å²) in [6, 6.07) is 10.4. The molecule has 0 radical (unpaired) electrons. The summed E-state index contributed by atoms with van der Waals surface area (Å²) >= 11 is 0. The molecular weight excluding hydrogens is 274 g/mol. The lowest BCUT2D eigenvalue weighted by Crippen LogP contribution is -2.11. The maximum atomic E-state index is 5.32. The second kappa shape index (κ2) is 6.20. The summed E-state index contributed by atoms with van der Waals surface area (Å²) in [5.41, 5.74) is 5.42. The van der Waals surface area contributed by atoms with Crippen LogP contribution in [0, 0.1) is 6.92 Å². The van der Waals surface area contributed by atoms with Crippen molar-refractivity contribution in [2.24, 2.45) is 0 Å². The van der Waals surface area contributed by atoms with E-state index in [1.54, 1.807) is 7.11 Å². The molecule has 4 nitrogen and oxygen atoms in total. The number of nitrogens with one attached hydrogen (secondary N) is 1. The summed E-state index contributed by atoms with van der Waals surface area (Å²) in [5.74, 6) is 0.903. The molecular formula is C18H21N3O. The molecule has 0 unspecified atom stereocenters. The first kappa shape index (κ1) is 14.6. The lowest BCUT2D eigenvalue weighted by atomic mass is 10.1. The molecule has 1 aromatic carbocycles. The highest BCUT2D eigenvalue weighted by Gasteiger charge is 2.07. The Bertz CT molecular complexity index is 792. The Hall–Kier alpha value is -2.33. The van der Waals surface area contributed by atoms with E-state index in [1.807, 2.05) is 19.1 Å².